The third-order valence-corrected chi connectivity index (χ3v) is 4.25. The molecule has 0 atom stereocenters. The zero-order chi connectivity index (χ0) is 15.0. The van der Waals surface area contributed by atoms with Gasteiger partial charge in [-0.3, -0.25) is 0 Å². The Kier molecular flexibility index (Phi) is 5.91. The van der Waals surface area contributed by atoms with Crippen LogP contribution in [0.3, 0.4) is 0 Å². The molecule has 8 heteroatoms. The van der Waals surface area contributed by atoms with Gasteiger partial charge in [-0.25, -0.2) is 13.4 Å². The number of hydrogen-bond acceptors (Lipinski definition) is 6. The summed E-state index contributed by atoms with van der Waals surface area (Å²) in [5.41, 5.74) is 0. The van der Waals surface area contributed by atoms with Crippen LogP contribution < -0.4 is 5.32 Å². The Bertz CT molecular complexity index is 614. The van der Waals surface area contributed by atoms with E-state index in [1.54, 1.807) is 12.1 Å². The molecule has 0 fully saturated rings. The van der Waals surface area contributed by atoms with Gasteiger partial charge in [0.1, 0.15) is 23.8 Å². The predicted molar refractivity (Wildman–Crippen MR) is 73.0 cm³/mol. The maximum absolute atomic E-state index is 12.4. The third-order valence-electron chi connectivity index (χ3n) is 2.43. The minimum absolute atomic E-state index is 0.0288. The molecule has 1 aromatic heterocycles. The summed E-state index contributed by atoms with van der Waals surface area (Å²) in [4.78, 5) is 3.97. The monoisotopic (exact) mass is 293 g/mol. The van der Waals surface area contributed by atoms with Crippen molar-refractivity contribution in [3.05, 3.63) is 18.3 Å². The molecular weight excluding hydrogens is 278 g/mol. The standard InChI is InChI=1S/C12H15N5O2S/c1-2-7-15-12-11(4-3-8-16-12)20(18,19)17(9-5-13)10-6-14/h3-4,8H,2,7,9-10H2,1H3,(H,15,16). The molecule has 0 amide bonds. The highest BCUT2D eigenvalue weighted by molar-refractivity contribution is 7.89. The highest BCUT2D eigenvalue weighted by Crippen LogP contribution is 2.22. The summed E-state index contributed by atoms with van der Waals surface area (Å²) < 4.78 is 25.7. The molecule has 0 aliphatic carbocycles. The number of nitrogens with one attached hydrogen (secondary N) is 1. The largest absolute Gasteiger partial charge is 0.369 e. The van der Waals surface area contributed by atoms with Crippen molar-refractivity contribution >= 4 is 15.8 Å². The van der Waals surface area contributed by atoms with Crippen molar-refractivity contribution in [3.63, 3.8) is 0 Å². The second-order valence-electron chi connectivity index (χ2n) is 3.87. The fourth-order valence-corrected chi connectivity index (χ4v) is 2.85. The number of nitriles is 2. The number of nitrogens with zero attached hydrogens (tertiary/aromatic N) is 4. The van der Waals surface area contributed by atoms with Crippen LogP contribution in [0.25, 0.3) is 0 Å². The first-order valence-corrected chi connectivity index (χ1v) is 7.44. The molecule has 0 aliphatic rings. The second kappa shape index (κ2) is 7.43. The highest BCUT2D eigenvalue weighted by atomic mass is 32.2. The summed E-state index contributed by atoms with van der Waals surface area (Å²) in [6, 6.07) is 6.40. The van der Waals surface area contributed by atoms with Gasteiger partial charge in [0.05, 0.1) is 12.1 Å². The maximum Gasteiger partial charge on any atom is 0.248 e. The molecule has 1 N–H and O–H groups in total. The van der Waals surface area contributed by atoms with Gasteiger partial charge >= 0.3 is 0 Å². The van der Waals surface area contributed by atoms with Crippen LogP contribution in [0, 0.1) is 22.7 Å². The van der Waals surface area contributed by atoms with E-state index in [4.69, 9.17) is 10.5 Å². The first-order chi connectivity index (χ1) is 9.57. The van der Waals surface area contributed by atoms with Crippen molar-refractivity contribution in [2.24, 2.45) is 0 Å². The smallest absolute Gasteiger partial charge is 0.248 e. The Morgan fingerprint density at radius 3 is 2.55 bits per heavy atom. The van der Waals surface area contributed by atoms with Crippen LogP contribution >= 0.6 is 0 Å². The Morgan fingerprint density at radius 1 is 1.35 bits per heavy atom. The molecule has 1 rings (SSSR count). The lowest BCUT2D eigenvalue weighted by atomic mass is 10.4. The van der Waals surface area contributed by atoms with E-state index < -0.39 is 10.0 Å². The minimum Gasteiger partial charge on any atom is -0.369 e. The summed E-state index contributed by atoms with van der Waals surface area (Å²) in [5.74, 6) is 0.232. The molecule has 20 heavy (non-hydrogen) atoms. The molecular formula is C12H15N5O2S. The molecule has 106 valence electrons. The average Bonchev–Trinajstić information content (AvgIpc) is 2.45. The molecule has 0 unspecified atom stereocenters. The summed E-state index contributed by atoms with van der Waals surface area (Å²) in [6.45, 7) is 1.77. The van der Waals surface area contributed by atoms with E-state index in [1.165, 1.54) is 18.3 Å². The minimum atomic E-state index is -3.92. The molecule has 0 aliphatic heterocycles. The van der Waals surface area contributed by atoms with Gasteiger partial charge < -0.3 is 5.32 Å². The van der Waals surface area contributed by atoms with E-state index in [2.05, 4.69) is 10.3 Å². The number of rotatable bonds is 7. The van der Waals surface area contributed by atoms with Crippen LogP contribution in [-0.4, -0.2) is 37.3 Å². The fourth-order valence-electron chi connectivity index (χ4n) is 1.50. The molecule has 0 bridgehead atoms. The van der Waals surface area contributed by atoms with E-state index in [0.29, 0.717) is 6.54 Å². The Labute approximate surface area is 118 Å². The summed E-state index contributed by atoms with van der Waals surface area (Å²) >= 11 is 0. The van der Waals surface area contributed by atoms with E-state index in [-0.39, 0.29) is 23.8 Å². The van der Waals surface area contributed by atoms with Crippen LogP contribution in [0.5, 0.6) is 0 Å². The van der Waals surface area contributed by atoms with Crippen molar-refractivity contribution in [3.8, 4) is 12.1 Å². The van der Waals surface area contributed by atoms with E-state index in [0.717, 1.165) is 10.7 Å². The Balaban J connectivity index is 3.20. The van der Waals surface area contributed by atoms with Crippen LogP contribution in [-0.2, 0) is 10.0 Å². The highest BCUT2D eigenvalue weighted by Gasteiger charge is 2.27. The Morgan fingerprint density at radius 2 is 2.00 bits per heavy atom. The summed E-state index contributed by atoms with van der Waals surface area (Å²) in [6.07, 6.45) is 2.30. The first-order valence-electron chi connectivity index (χ1n) is 6.00. The van der Waals surface area contributed by atoms with Gasteiger partial charge in [-0.1, -0.05) is 6.92 Å². The van der Waals surface area contributed by atoms with Crippen molar-refractivity contribution in [1.82, 2.24) is 9.29 Å². The Hall–Kier alpha value is -2.16. The number of sulfonamides is 1. The number of pyridine rings is 1. The number of aromatic nitrogens is 1. The van der Waals surface area contributed by atoms with Crippen molar-refractivity contribution < 1.29 is 8.42 Å². The zero-order valence-electron chi connectivity index (χ0n) is 11.1. The lowest BCUT2D eigenvalue weighted by Gasteiger charge is -2.18. The molecule has 1 aromatic rings. The van der Waals surface area contributed by atoms with Crippen molar-refractivity contribution in [2.45, 2.75) is 18.2 Å². The van der Waals surface area contributed by atoms with Gasteiger partial charge in [0.25, 0.3) is 0 Å². The molecule has 0 saturated carbocycles. The van der Waals surface area contributed by atoms with Crippen molar-refractivity contribution in [2.75, 3.05) is 25.0 Å². The zero-order valence-corrected chi connectivity index (χ0v) is 11.9. The molecule has 0 spiro atoms. The number of hydrogen-bond donors (Lipinski definition) is 1. The van der Waals surface area contributed by atoms with Crippen LogP contribution in [0.2, 0.25) is 0 Å². The molecule has 0 radical (unpaired) electrons. The van der Waals surface area contributed by atoms with Gasteiger partial charge in [0.2, 0.25) is 10.0 Å². The van der Waals surface area contributed by atoms with Gasteiger partial charge in [-0.2, -0.15) is 14.8 Å². The molecule has 1 heterocycles. The second-order valence-corrected chi connectivity index (χ2v) is 5.77. The van der Waals surface area contributed by atoms with E-state index in [1.807, 2.05) is 6.92 Å². The van der Waals surface area contributed by atoms with Gasteiger partial charge in [0, 0.05) is 12.7 Å². The lowest BCUT2D eigenvalue weighted by Crippen LogP contribution is -2.32. The fraction of sp³-hybridized carbons (Fsp3) is 0.417. The SMILES string of the molecule is CCCNc1ncccc1S(=O)(=O)N(CC#N)CC#N. The predicted octanol–water partition coefficient (Wildman–Crippen LogP) is 0.941. The topological polar surface area (TPSA) is 110 Å². The van der Waals surface area contributed by atoms with Crippen LogP contribution in [0.15, 0.2) is 23.2 Å². The molecule has 0 aromatic carbocycles. The normalized spacial score (nSPS) is 10.8. The third kappa shape index (κ3) is 3.67. The van der Waals surface area contributed by atoms with Crippen LogP contribution in [0.4, 0.5) is 5.82 Å². The van der Waals surface area contributed by atoms with Gasteiger partial charge in [0.15, 0.2) is 0 Å². The van der Waals surface area contributed by atoms with Gasteiger partial charge in [-0.05, 0) is 18.6 Å². The average molecular weight is 293 g/mol. The van der Waals surface area contributed by atoms with E-state index >= 15 is 0 Å². The quantitative estimate of drug-likeness (QED) is 0.749. The van der Waals surface area contributed by atoms with Crippen LogP contribution in [0.1, 0.15) is 13.3 Å². The maximum atomic E-state index is 12.4. The summed E-state index contributed by atoms with van der Waals surface area (Å²) in [7, 11) is -3.92. The van der Waals surface area contributed by atoms with Crippen molar-refractivity contribution in [1.29, 1.82) is 10.5 Å². The first kappa shape index (κ1) is 15.9. The van der Waals surface area contributed by atoms with Gasteiger partial charge in [-0.15, -0.1) is 0 Å². The lowest BCUT2D eigenvalue weighted by molar-refractivity contribution is 0.479. The molecule has 0 saturated heterocycles. The summed E-state index contributed by atoms with van der Waals surface area (Å²) in [5, 5.41) is 20.3. The molecule has 7 nitrogen and oxygen atoms in total. The number of anilines is 1. The van der Waals surface area contributed by atoms with E-state index in [9.17, 15) is 8.42 Å².